The van der Waals surface area contributed by atoms with Crippen molar-refractivity contribution in [3.05, 3.63) is 12.7 Å². The molecule has 3 fully saturated rings. The van der Waals surface area contributed by atoms with Gasteiger partial charge in [-0.05, 0) is 46.1 Å². The van der Waals surface area contributed by atoms with Crippen LogP contribution in [0.2, 0.25) is 0 Å². The first-order chi connectivity index (χ1) is 12.1. The third kappa shape index (κ3) is 3.44. The molecule has 26 heavy (non-hydrogen) atoms. The van der Waals surface area contributed by atoms with E-state index in [0.717, 1.165) is 13.0 Å². The van der Waals surface area contributed by atoms with Crippen molar-refractivity contribution in [3.63, 3.8) is 0 Å². The van der Waals surface area contributed by atoms with Crippen LogP contribution < -0.4 is 0 Å². The van der Waals surface area contributed by atoms with Crippen molar-refractivity contribution in [2.45, 2.75) is 51.2 Å². The van der Waals surface area contributed by atoms with Gasteiger partial charge in [0.2, 0.25) is 11.8 Å². The molecule has 0 aromatic carbocycles. The second-order valence-corrected chi connectivity index (χ2v) is 8.60. The molecular weight excluding hydrogens is 334 g/mol. The first kappa shape index (κ1) is 18.7. The molecule has 3 heterocycles. The summed E-state index contributed by atoms with van der Waals surface area (Å²) in [6.07, 6.45) is 3.35. The van der Waals surface area contributed by atoms with Gasteiger partial charge in [-0.15, -0.1) is 0 Å². The van der Waals surface area contributed by atoms with Crippen LogP contribution in [0.1, 0.15) is 40.0 Å². The minimum Gasteiger partial charge on any atom is -0.444 e. The first-order valence-electron chi connectivity index (χ1n) is 9.36. The number of carbonyl (C=O) groups excluding carboxylic acids is 3. The molecule has 0 aromatic heterocycles. The molecule has 0 N–H and O–H groups in total. The smallest absolute Gasteiger partial charge is 0.410 e. The molecule has 3 amide bonds. The molecule has 0 unspecified atom stereocenters. The third-order valence-corrected chi connectivity index (χ3v) is 5.59. The zero-order chi connectivity index (χ0) is 19.1. The summed E-state index contributed by atoms with van der Waals surface area (Å²) in [5.41, 5.74) is -0.701. The zero-order valence-electron chi connectivity index (χ0n) is 16.0. The highest BCUT2D eigenvalue weighted by molar-refractivity contribution is 5.87. The van der Waals surface area contributed by atoms with Crippen LogP contribution in [0.15, 0.2) is 12.7 Å². The third-order valence-electron chi connectivity index (χ3n) is 5.59. The van der Waals surface area contributed by atoms with E-state index in [-0.39, 0.29) is 29.4 Å². The van der Waals surface area contributed by atoms with Crippen molar-refractivity contribution in [1.29, 1.82) is 0 Å². The maximum absolute atomic E-state index is 12.9. The normalized spacial score (nSPS) is 22.5. The average Bonchev–Trinajstić information content (AvgIpc) is 2.50. The van der Waals surface area contributed by atoms with Crippen LogP contribution in [0.5, 0.6) is 0 Å². The van der Waals surface area contributed by atoms with E-state index in [1.807, 2.05) is 25.7 Å². The number of hydrogen-bond donors (Lipinski definition) is 0. The minimum absolute atomic E-state index is 0.0309. The lowest BCUT2D eigenvalue weighted by molar-refractivity contribution is -0.170. The summed E-state index contributed by atoms with van der Waals surface area (Å²) >= 11 is 0. The van der Waals surface area contributed by atoms with Gasteiger partial charge in [-0.25, -0.2) is 4.79 Å². The maximum Gasteiger partial charge on any atom is 0.410 e. The molecule has 3 rings (SSSR count). The highest BCUT2D eigenvalue weighted by atomic mass is 16.6. The monoisotopic (exact) mass is 363 g/mol. The van der Waals surface area contributed by atoms with Crippen LogP contribution in [0, 0.1) is 5.92 Å². The number of likely N-dealkylation sites (tertiary alicyclic amines) is 3. The maximum atomic E-state index is 12.9. The molecule has 3 aliphatic heterocycles. The van der Waals surface area contributed by atoms with Gasteiger partial charge in [-0.2, -0.15) is 0 Å². The van der Waals surface area contributed by atoms with Crippen LogP contribution in [0.3, 0.4) is 0 Å². The van der Waals surface area contributed by atoms with E-state index in [1.54, 1.807) is 9.80 Å². The molecule has 0 radical (unpaired) electrons. The predicted octanol–water partition coefficient (Wildman–Crippen LogP) is 1.63. The van der Waals surface area contributed by atoms with Crippen LogP contribution in [-0.2, 0) is 14.3 Å². The lowest BCUT2D eigenvalue weighted by Crippen LogP contribution is -2.79. The Kier molecular flexibility index (Phi) is 4.75. The standard InChI is InChI=1S/C19H29N3O4/c1-5-15(23)20-9-6-14(7-10-20)16(24)22-11-8-19(22)12-21(13-19)17(25)26-18(2,3)4/h5,14H,1,6-13H2,2-4H3. The predicted molar refractivity (Wildman–Crippen MR) is 96.4 cm³/mol. The van der Waals surface area contributed by atoms with Gasteiger partial charge in [0.15, 0.2) is 0 Å². The Balaban J connectivity index is 1.51. The summed E-state index contributed by atoms with van der Waals surface area (Å²) in [5.74, 6) is 0.0747. The molecular formula is C19H29N3O4. The zero-order valence-corrected chi connectivity index (χ0v) is 16.0. The highest BCUT2D eigenvalue weighted by Crippen LogP contribution is 2.41. The summed E-state index contributed by atoms with van der Waals surface area (Å²) in [7, 11) is 0. The second-order valence-electron chi connectivity index (χ2n) is 8.60. The van der Waals surface area contributed by atoms with Crippen molar-refractivity contribution >= 4 is 17.9 Å². The summed E-state index contributed by atoms with van der Waals surface area (Å²) < 4.78 is 5.40. The van der Waals surface area contributed by atoms with Gasteiger partial charge in [0.1, 0.15) is 5.60 Å². The van der Waals surface area contributed by atoms with Gasteiger partial charge in [-0.1, -0.05) is 6.58 Å². The molecule has 0 aromatic rings. The van der Waals surface area contributed by atoms with E-state index in [4.69, 9.17) is 4.74 Å². The van der Waals surface area contributed by atoms with Gasteiger partial charge in [0.05, 0.1) is 5.54 Å². The fourth-order valence-corrected chi connectivity index (χ4v) is 4.03. The van der Waals surface area contributed by atoms with Crippen LogP contribution >= 0.6 is 0 Å². The quantitative estimate of drug-likeness (QED) is 0.699. The largest absolute Gasteiger partial charge is 0.444 e. The Hall–Kier alpha value is -2.05. The summed E-state index contributed by atoms with van der Waals surface area (Å²) in [5, 5.41) is 0. The molecule has 1 spiro atoms. The van der Waals surface area contributed by atoms with Crippen LogP contribution in [0.25, 0.3) is 0 Å². The number of ether oxygens (including phenoxy) is 1. The van der Waals surface area contributed by atoms with E-state index in [1.165, 1.54) is 6.08 Å². The lowest BCUT2D eigenvalue weighted by Gasteiger charge is -2.62. The van der Waals surface area contributed by atoms with Crippen molar-refractivity contribution in [1.82, 2.24) is 14.7 Å². The van der Waals surface area contributed by atoms with Gasteiger partial charge in [0.25, 0.3) is 0 Å². The van der Waals surface area contributed by atoms with E-state index in [0.29, 0.717) is 39.0 Å². The molecule has 7 heteroatoms. The van der Waals surface area contributed by atoms with Gasteiger partial charge in [0, 0.05) is 38.6 Å². The Morgan fingerprint density at radius 1 is 1.08 bits per heavy atom. The van der Waals surface area contributed by atoms with Crippen molar-refractivity contribution in [3.8, 4) is 0 Å². The fraction of sp³-hybridized carbons (Fsp3) is 0.737. The molecule has 3 aliphatic rings. The number of amides is 3. The molecule has 7 nitrogen and oxygen atoms in total. The lowest BCUT2D eigenvalue weighted by atomic mass is 9.76. The molecule has 3 saturated heterocycles. The molecule has 0 atom stereocenters. The van der Waals surface area contributed by atoms with Gasteiger partial charge >= 0.3 is 6.09 Å². The molecule has 0 saturated carbocycles. The van der Waals surface area contributed by atoms with Crippen molar-refractivity contribution < 1.29 is 19.1 Å². The van der Waals surface area contributed by atoms with Crippen molar-refractivity contribution in [2.75, 3.05) is 32.7 Å². The van der Waals surface area contributed by atoms with Gasteiger partial charge in [-0.3, -0.25) is 9.59 Å². The van der Waals surface area contributed by atoms with Crippen LogP contribution in [-0.4, -0.2) is 76.5 Å². The van der Waals surface area contributed by atoms with Crippen LogP contribution in [0.4, 0.5) is 4.79 Å². The fourth-order valence-electron chi connectivity index (χ4n) is 4.03. The Morgan fingerprint density at radius 3 is 2.15 bits per heavy atom. The number of rotatable bonds is 2. The van der Waals surface area contributed by atoms with Gasteiger partial charge < -0.3 is 19.4 Å². The topological polar surface area (TPSA) is 70.2 Å². The number of piperidine rings is 1. The van der Waals surface area contributed by atoms with E-state index < -0.39 is 5.60 Å². The average molecular weight is 363 g/mol. The summed E-state index contributed by atoms with van der Waals surface area (Å²) in [4.78, 5) is 42.1. The first-order valence-corrected chi connectivity index (χ1v) is 9.36. The number of nitrogens with zero attached hydrogens (tertiary/aromatic N) is 3. The molecule has 0 bridgehead atoms. The SMILES string of the molecule is C=CC(=O)N1CCC(C(=O)N2CCC23CN(C(=O)OC(C)(C)C)C3)CC1. The Bertz CT molecular complexity index is 611. The number of hydrogen-bond acceptors (Lipinski definition) is 4. The Labute approximate surface area is 154 Å². The van der Waals surface area contributed by atoms with E-state index in [9.17, 15) is 14.4 Å². The Morgan fingerprint density at radius 2 is 1.69 bits per heavy atom. The number of carbonyl (C=O) groups is 3. The van der Waals surface area contributed by atoms with E-state index >= 15 is 0 Å². The summed E-state index contributed by atoms with van der Waals surface area (Å²) in [6, 6.07) is 0. The van der Waals surface area contributed by atoms with E-state index in [2.05, 4.69) is 6.58 Å². The molecule has 144 valence electrons. The molecule has 0 aliphatic carbocycles. The highest BCUT2D eigenvalue weighted by Gasteiger charge is 2.58. The second kappa shape index (κ2) is 6.59. The summed E-state index contributed by atoms with van der Waals surface area (Å²) in [6.45, 7) is 12.1. The minimum atomic E-state index is -0.508. The van der Waals surface area contributed by atoms with Crippen molar-refractivity contribution in [2.24, 2.45) is 5.92 Å².